The number of hydrogen-bond acceptors (Lipinski definition) is 7. The Morgan fingerprint density at radius 2 is 1.73 bits per heavy atom. The molecule has 0 aliphatic carbocycles. The third kappa shape index (κ3) is 5.75. The zero-order valence-electron chi connectivity index (χ0n) is 18.9. The summed E-state index contributed by atoms with van der Waals surface area (Å²) in [6.07, 6.45) is 2.69. The highest BCUT2D eigenvalue weighted by Gasteiger charge is 2.34. The predicted molar refractivity (Wildman–Crippen MR) is 126 cm³/mol. The molecule has 1 aromatic carbocycles. The largest absolute Gasteiger partial charge is 0.340 e. The minimum Gasteiger partial charge on any atom is -0.340 e. The lowest BCUT2D eigenvalue weighted by Crippen LogP contribution is -2.53. The Hall–Kier alpha value is -2.85. The molecule has 2 saturated heterocycles. The van der Waals surface area contributed by atoms with Crippen LogP contribution in [0.3, 0.4) is 0 Å². The summed E-state index contributed by atoms with van der Waals surface area (Å²) in [6.45, 7) is 7.53. The highest BCUT2D eigenvalue weighted by atomic mass is 32.1. The molecule has 9 nitrogen and oxygen atoms in total. The second-order valence-corrected chi connectivity index (χ2v) is 9.47. The van der Waals surface area contributed by atoms with Gasteiger partial charge in [0.2, 0.25) is 15.9 Å². The number of rotatable bonds is 6. The van der Waals surface area contributed by atoms with Gasteiger partial charge in [-0.2, -0.15) is 0 Å². The lowest BCUT2D eigenvalue weighted by Gasteiger charge is -2.38. The van der Waals surface area contributed by atoms with Gasteiger partial charge in [0.25, 0.3) is 11.8 Å². The lowest BCUT2D eigenvalue weighted by molar-refractivity contribution is -0.138. The minimum absolute atomic E-state index is 0.136. The molecule has 4 rings (SSSR count). The molecule has 0 saturated carbocycles. The number of anilines is 1. The van der Waals surface area contributed by atoms with Crippen LogP contribution < -0.4 is 5.32 Å². The molecular weight excluding hydrogens is 440 g/mol. The highest BCUT2D eigenvalue weighted by molar-refractivity contribution is 7.15. The van der Waals surface area contributed by atoms with Crippen molar-refractivity contribution in [2.45, 2.75) is 26.2 Å². The summed E-state index contributed by atoms with van der Waals surface area (Å²) in [6, 6.07) is 9.06. The molecule has 0 spiro atoms. The molecule has 2 aromatic rings. The molecule has 176 valence electrons. The molecule has 3 amide bonds. The van der Waals surface area contributed by atoms with Crippen molar-refractivity contribution in [3.05, 3.63) is 40.3 Å². The third-order valence-electron chi connectivity index (χ3n) is 6.12. The maximum absolute atomic E-state index is 13.1. The van der Waals surface area contributed by atoms with Gasteiger partial charge in [-0.25, -0.2) is 0 Å². The van der Waals surface area contributed by atoms with Gasteiger partial charge in [-0.15, -0.1) is 10.2 Å². The van der Waals surface area contributed by atoms with Crippen molar-refractivity contribution in [3.8, 4) is 0 Å². The van der Waals surface area contributed by atoms with Crippen LogP contribution in [0.4, 0.5) is 5.69 Å². The van der Waals surface area contributed by atoms with Crippen LogP contribution in [0, 0.1) is 5.92 Å². The number of hydrogen-bond donors (Lipinski definition) is 1. The maximum Gasteiger partial charge on any atom is 0.286 e. The van der Waals surface area contributed by atoms with Gasteiger partial charge in [0, 0.05) is 45.0 Å². The van der Waals surface area contributed by atoms with Crippen LogP contribution in [0.15, 0.2) is 30.3 Å². The average Bonchev–Trinajstić information content (AvgIpc) is 3.35. The number of likely N-dealkylation sites (tertiary alicyclic amines) is 1. The van der Waals surface area contributed by atoms with E-state index in [1.807, 2.05) is 23.1 Å². The van der Waals surface area contributed by atoms with Crippen LogP contribution >= 0.6 is 11.3 Å². The Labute approximate surface area is 197 Å². The Balaban J connectivity index is 1.33. The van der Waals surface area contributed by atoms with Crippen molar-refractivity contribution in [1.29, 1.82) is 0 Å². The molecule has 0 radical (unpaired) electrons. The van der Waals surface area contributed by atoms with Gasteiger partial charge in [-0.05, 0) is 37.9 Å². The third-order valence-corrected chi connectivity index (χ3v) is 7.03. The molecule has 1 atom stereocenters. The quantitative estimate of drug-likeness (QED) is 0.695. The number of amides is 3. The first-order valence-corrected chi connectivity index (χ1v) is 12.4. The number of piperazine rings is 1. The first-order chi connectivity index (χ1) is 16.0. The Morgan fingerprint density at radius 3 is 2.45 bits per heavy atom. The van der Waals surface area contributed by atoms with E-state index in [0.717, 1.165) is 63.3 Å². The smallest absolute Gasteiger partial charge is 0.286 e. The van der Waals surface area contributed by atoms with Crippen molar-refractivity contribution in [2.24, 2.45) is 5.92 Å². The standard InChI is InChI=1S/C23H30N6O3S/c1-2-10-27-12-14-28(15-13-27)22(31)17-7-6-11-29(16-17)23(32)21-26-25-20(33-21)19(30)24-18-8-4-3-5-9-18/h3-5,8-9,17H,2,6-7,10-16H2,1H3,(H,24,30). The van der Waals surface area contributed by atoms with Gasteiger partial charge in [0.05, 0.1) is 5.92 Å². The van der Waals surface area contributed by atoms with Crippen molar-refractivity contribution in [3.63, 3.8) is 0 Å². The molecule has 2 aliphatic heterocycles. The van der Waals surface area contributed by atoms with Crippen LogP contribution in [-0.4, -0.2) is 88.4 Å². The van der Waals surface area contributed by atoms with E-state index in [9.17, 15) is 14.4 Å². The number of piperidine rings is 1. The Kier molecular flexibility index (Phi) is 7.66. The zero-order valence-corrected chi connectivity index (χ0v) is 19.7. The van der Waals surface area contributed by atoms with E-state index in [2.05, 4.69) is 27.3 Å². The van der Waals surface area contributed by atoms with Gasteiger partial charge < -0.3 is 15.1 Å². The number of benzene rings is 1. The molecule has 0 bridgehead atoms. The molecule has 1 aromatic heterocycles. The summed E-state index contributed by atoms with van der Waals surface area (Å²) in [4.78, 5) is 44.5. The molecule has 3 heterocycles. The maximum atomic E-state index is 13.1. The molecule has 10 heteroatoms. The number of carbonyl (C=O) groups is 3. The number of carbonyl (C=O) groups excluding carboxylic acids is 3. The minimum atomic E-state index is -0.397. The fourth-order valence-electron chi connectivity index (χ4n) is 4.37. The number of aromatic nitrogens is 2. The van der Waals surface area contributed by atoms with Gasteiger partial charge >= 0.3 is 0 Å². The van der Waals surface area contributed by atoms with E-state index in [1.54, 1.807) is 17.0 Å². The van der Waals surface area contributed by atoms with Gasteiger partial charge in [-0.1, -0.05) is 36.5 Å². The van der Waals surface area contributed by atoms with Crippen LogP contribution in [0.1, 0.15) is 45.8 Å². The second-order valence-electron chi connectivity index (χ2n) is 8.49. The lowest BCUT2D eigenvalue weighted by atomic mass is 9.96. The van der Waals surface area contributed by atoms with E-state index in [4.69, 9.17) is 0 Å². The Morgan fingerprint density at radius 1 is 1.00 bits per heavy atom. The summed E-state index contributed by atoms with van der Waals surface area (Å²) in [7, 11) is 0. The van der Waals surface area contributed by atoms with Crippen LogP contribution in [0.25, 0.3) is 0 Å². The topological polar surface area (TPSA) is 98.7 Å². The first-order valence-electron chi connectivity index (χ1n) is 11.6. The second kappa shape index (κ2) is 10.8. The number of para-hydroxylation sites is 1. The molecule has 1 unspecified atom stereocenters. The fourth-order valence-corrected chi connectivity index (χ4v) is 5.08. The summed E-state index contributed by atoms with van der Waals surface area (Å²) in [5, 5.41) is 10.9. The molecule has 1 N–H and O–H groups in total. The van der Waals surface area contributed by atoms with Gasteiger partial charge in [0.1, 0.15) is 0 Å². The zero-order chi connectivity index (χ0) is 23.2. The van der Waals surface area contributed by atoms with Crippen LogP contribution in [0.5, 0.6) is 0 Å². The van der Waals surface area contributed by atoms with E-state index >= 15 is 0 Å². The SMILES string of the molecule is CCCN1CCN(C(=O)C2CCCN(C(=O)c3nnc(C(=O)Nc4ccccc4)s3)C2)CC1. The molecule has 33 heavy (non-hydrogen) atoms. The normalized spacial score (nSPS) is 19.4. The van der Waals surface area contributed by atoms with Gasteiger partial charge in [-0.3, -0.25) is 19.3 Å². The van der Waals surface area contributed by atoms with Crippen molar-refractivity contribution < 1.29 is 14.4 Å². The number of nitrogens with zero attached hydrogens (tertiary/aromatic N) is 5. The monoisotopic (exact) mass is 470 g/mol. The average molecular weight is 471 g/mol. The molecule has 2 aliphatic rings. The Bertz CT molecular complexity index is 974. The van der Waals surface area contributed by atoms with E-state index < -0.39 is 5.91 Å². The van der Waals surface area contributed by atoms with E-state index in [-0.39, 0.29) is 27.7 Å². The van der Waals surface area contributed by atoms with E-state index in [0.29, 0.717) is 18.8 Å². The summed E-state index contributed by atoms with van der Waals surface area (Å²) < 4.78 is 0. The summed E-state index contributed by atoms with van der Waals surface area (Å²) >= 11 is 0.978. The van der Waals surface area contributed by atoms with Crippen molar-refractivity contribution in [1.82, 2.24) is 24.9 Å². The first kappa shape index (κ1) is 23.3. The summed E-state index contributed by atoms with van der Waals surface area (Å²) in [5.41, 5.74) is 0.651. The van der Waals surface area contributed by atoms with Crippen LogP contribution in [0.2, 0.25) is 0 Å². The molecule has 2 fully saturated rings. The van der Waals surface area contributed by atoms with Gasteiger partial charge in [0.15, 0.2) is 0 Å². The highest BCUT2D eigenvalue weighted by Crippen LogP contribution is 2.23. The fraction of sp³-hybridized carbons (Fsp3) is 0.522. The predicted octanol–water partition coefficient (Wildman–Crippen LogP) is 2.20. The molecular formula is C23H30N6O3S. The van der Waals surface area contributed by atoms with E-state index in [1.165, 1.54) is 0 Å². The van der Waals surface area contributed by atoms with Crippen LogP contribution in [-0.2, 0) is 4.79 Å². The summed E-state index contributed by atoms with van der Waals surface area (Å²) in [5.74, 6) is -0.707. The number of nitrogens with one attached hydrogen (secondary N) is 1. The van der Waals surface area contributed by atoms with Crippen molar-refractivity contribution in [2.75, 3.05) is 51.1 Å². The van der Waals surface area contributed by atoms with Crippen molar-refractivity contribution >= 4 is 34.7 Å².